The Hall–Kier alpha value is -5.03. The van der Waals surface area contributed by atoms with E-state index in [0.717, 1.165) is 15.4 Å². The summed E-state index contributed by atoms with van der Waals surface area (Å²) < 4.78 is 46.0. The third kappa shape index (κ3) is 8.86. The second-order valence-electron chi connectivity index (χ2n) is 11.2. The average Bonchev–Trinajstić information content (AvgIpc) is 3.11. The summed E-state index contributed by atoms with van der Waals surface area (Å²) in [7, 11) is 0.107. The van der Waals surface area contributed by atoms with Crippen LogP contribution in [0.4, 0.5) is 5.69 Å². The molecule has 4 rings (SSSR count). The fraction of sp³-hybridized carbons (Fsp3) is 0.297. The van der Waals surface area contributed by atoms with Gasteiger partial charge in [0, 0.05) is 25.6 Å². The molecule has 0 spiro atoms. The number of anilines is 1. The SMILES string of the molecule is CCCNC(=O)[C@@H](Cc1ccccc1)N(Cc1cccc(OC)c1)C(=O)CN(c1ccc(C)cc1)S(=O)(=O)c1ccc(OC)c(OC)c1. The van der Waals surface area contributed by atoms with Gasteiger partial charge in [-0.3, -0.25) is 13.9 Å². The Bertz CT molecular complexity index is 1780. The highest BCUT2D eigenvalue weighted by Crippen LogP contribution is 2.32. The highest BCUT2D eigenvalue weighted by molar-refractivity contribution is 7.92. The summed E-state index contributed by atoms with van der Waals surface area (Å²) in [5.41, 5.74) is 2.78. The van der Waals surface area contributed by atoms with Crippen molar-refractivity contribution in [2.24, 2.45) is 0 Å². The van der Waals surface area contributed by atoms with Gasteiger partial charge >= 0.3 is 0 Å². The van der Waals surface area contributed by atoms with Gasteiger partial charge in [0.1, 0.15) is 18.3 Å². The molecular weight excluding hydrogens is 630 g/mol. The normalized spacial score (nSPS) is 11.7. The van der Waals surface area contributed by atoms with E-state index in [1.165, 1.54) is 37.3 Å². The Morgan fingerprint density at radius 3 is 2.12 bits per heavy atom. The number of carbonyl (C=O) groups excluding carboxylic acids is 2. The first-order chi connectivity index (χ1) is 23.1. The van der Waals surface area contributed by atoms with Crippen molar-refractivity contribution in [3.05, 3.63) is 114 Å². The van der Waals surface area contributed by atoms with Crippen LogP contribution >= 0.6 is 0 Å². The summed E-state index contributed by atoms with van der Waals surface area (Å²) in [6.45, 7) is 3.72. The Balaban J connectivity index is 1.82. The van der Waals surface area contributed by atoms with Crippen LogP contribution in [0.3, 0.4) is 0 Å². The monoisotopic (exact) mass is 673 g/mol. The molecule has 4 aromatic rings. The van der Waals surface area contributed by atoms with Crippen molar-refractivity contribution in [1.29, 1.82) is 0 Å². The topological polar surface area (TPSA) is 114 Å². The van der Waals surface area contributed by atoms with Gasteiger partial charge in [0.05, 0.1) is 31.9 Å². The number of nitrogens with zero attached hydrogens (tertiary/aromatic N) is 2. The Morgan fingerprint density at radius 2 is 1.48 bits per heavy atom. The molecule has 0 bridgehead atoms. The largest absolute Gasteiger partial charge is 0.497 e. The van der Waals surface area contributed by atoms with E-state index in [0.29, 0.717) is 35.7 Å². The molecule has 0 heterocycles. The Labute approximate surface area is 283 Å². The molecule has 1 N–H and O–H groups in total. The molecule has 2 amide bonds. The molecule has 0 saturated heterocycles. The average molecular weight is 674 g/mol. The maximum Gasteiger partial charge on any atom is 0.264 e. The number of carbonyl (C=O) groups is 2. The lowest BCUT2D eigenvalue weighted by atomic mass is 10.0. The van der Waals surface area contributed by atoms with Crippen molar-refractivity contribution in [3.8, 4) is 17.2 Å². The lowest BCUT2D eigenvalue weighted by molar-refractivity contribution is -0.140. The molecule has 10 nitrogen and oxygen atoms in total. The summed E-state index contributed by atoms with van der Waals surface area (Å²) in [5, 5.41) is 2.95. The summed E-state index contributed by atoms with van der Waals surface area (Å²) in [5.74, 6) is 0.286. The number of hydrogen-bond donors (Lipinski definition) is 1. The van der Waals surface area contributed by atoms with E-state index < -0.39 is 28.5 Å². The van der Waals surface area contributed by atoms with Gasteiger partial charge in [0.2, 0.25) is 11.8 Å². The second kappa shape index (κ2) is 16.7. The smallest absolute Gasteiger partial charge is 0.264 e. The minimum Gasteiger partial charge on any atom is -0.497 e. The lowest BCUT2D eigenvalue weighted by Crippen LogP contribution is -2.53. The standard InChI is InChI=1S/C37H43N3O7S/c1-6-21-38-37(42)33(23-28-11-8-7-9-12-28)39(25-29-13-10-14-31(22-29)45-3)36(41)26-40(30-17-15-27(2)16-18-30)48(43,44)32-19-20-34(46-4)35(24-32)47-5/h7-20,22,24,33H,6,21,23,25-26H2,1-5H3,(H,38,42)/t33-/m1/s1. The fourth-order valence-electron chi connectivity index (χ4n) is 5.23. The maximum absolute atomic E-state index is 14.6. The zero-order valence-corrected chi connectivity index (χ0v) is 28.8. The Kier molecular flexibility index (Phi) is 12.5. The molecule has 0 aromatic heterocycles. The molecule has 0 fully saturated rings. The second-order valence-corrected chi connectivity index (χ2v) is 13.1. The van der Waals surface area contributed by atoms with Crippen molar-refractivity contribution in [1.82, 2.24) is 10.2 Å². The van der Waals surface area contributed by atoms with Gasteiger partial charge < -0.3 is 24.4 Å². The number of hydrogen-bond acceptors (Lipinski definition) is 7. The van der Waals surface area contributed by atoms with Crippen molar-refractivity contribution < 1.29 is 32.2 Å². The number of amides is 2. The highest BCUT2D eigenvalue weighted by Gasteiger charge is 2.35. The molecule has 0 unspecified atom stereocenters. The molecule has 48 heavy (non-hydrogen) atoms. The molecular formula is C37H43N3O7S. The molecule has 4 aromatic carbocycles. The minimum atomic E-state index is -4.33. The Morgan fingerprint density at radius 1 is 0.792 bits per heavy atom. The zero-order valence-electron chi connectivity index (χ0n) is 28.0. The number of methoxy groups -OCH3 is 3. The number of nitrogens with one attached hydrogen (secondary N) is 1. The molecule has 0 aliphatic carbocycles. The number of sulfonamides is 1. The number of aryl methyl sites for hydroxylation is 1. The third-order valence-corrected chi connectivity index (χ3v) is 9.62. The number of benzene rings is 4. The molecule has 0 aliphatic rings. The molecule has 0 radical (unpaired) electrons. The van der Waals surface area contributed by atoms with E-state index in [2.05, 4.69) is 5.32 Å². The van der Waals surface area contributed by atoms with Crippen LogP contribution in [-0.4, -0.2) is 65.6 Å². The summed E-state index contributed by atoms with van der Waals surface area (Å²) in [6, 6.07) is 26.9. The predicted octanol–water partition coefficient (Wildman–Crippen LogP) is 5.38. The molecule has 11 heteroatoms. The lowest BCUT2D eigenvalue weighted by Gasteiger charge is -2.34. The van der Waals surface area contributed by atoms with Crippen LogP contribution in [0.1, 0.15) is 30.0 Å². The highest BCUT2D eigenvalue weighted by atomic mass is 32.2. The fourth-order valence-corrected chi connectivity index (χ4v) is 6.66. The summed E-state index contributed by atoms with van der Waals surface area (Å²) in [6.07, 6.45) is 0.928. The summed E-state index contributed by atoms with van der Waals surface area (Å²) >= 11 is 0. The van der Waals surface area contributed by atoms with Crippen LogP contribution in [0.25, 0.3) is 0 Å². The predicted molar refractivity (Wildman–Crippen MR) is 186 cm³/mol. The third-order valence-electron chi connectivity index (χ3n) is 7.85. The van der Waals surface area contributed by atoms with Crippen molar-refractivity contribution >= 4 is 27.5 Å². The number of rotatable bonds is 16. The zero-order chi connectivity index (χ0) is 34.7. The number of ether oxygens (including phenoxy) is 3. The van der Waals surface area contributed by atoms with E-state index >= 15 is 0 Å². The van der Waals surface area contributed by atoms with Crippen LogP contribution in [0.5, 0.6) is 17.2 Å². The van der Waals surface area contributed by atoms with Crippen LogP contribution in [0.15, 0.2) is 102 Å². The van der Waals surface area contributed by atoms with Gasteiger partial charge in [-0.1, -0.05) is 67.1 Å². The van der Waals surface area contributed by atoms with Gasteiger partial charge in [-0.2, -0.15) is 0 Å². The van der Waals surface area contributed by atoms with Gasteiger partial charge in [-0.05, 0) is 60.9 Å². The minimum absolute atomic E-state index is 0.0330. The van der Waals surface area contributed by atoms with Crippen LogP contribution < -0.4 is 23.8 Å². The van der Waals surface area contributed by atoms with E-state index in [9.17, 15) is 18.0 Å². The summed E-state index contributed by atoms with van der Waals surface area (Å²) in [4.78, 5) is 29.8. The molecule has 254 valence electrons. The molecule has 1 atom stereocenters. The van der Waals surface area contributed by atoms with Crippen molar-refractivity contribution in [2.45, 2.75) is 44.2 Å². The van der Waals surface area contributed by atoms with Gasteiger partial charge in [0.25, 0.3) is 10.0 Å². The van der Waals surface area contributed by atoms with E-state index in [-0.39, 0.29) is 29.5 Å². The first-order valence-electron chi connectivity index (χ1n) is 15.7. The molecule has 0 aliphatic heterocycles. The van der Waals surface area contributed by atoms with E-state index in [1.807, 2.05) is 50.2 Å². The van der Waals surface area contributed by atoms with Crippen LogP contribution in [-0.2, 0) is 32.6 Å². The quantitative estimate of drug-likeness (QED) is 0.170. The first kappa shape index (κ1) is 35.8. The van der Waals surface area contributed by atoms with Gasteiger partial charge in [0.15, 0.2) is 11.5 Å². The van der Waals surface area contributed by atoms with Crippen LogP contribution in [0, 0.1) is 6.92 Å². The molecule has 0 saturated carbocycles. The van der Waals surface area contributed by atoms with Gasteiger partial charge in [-0.25, -0.2) is 8.42 Å². The van der Waals surface area contributed by atoms with E-state index in [4.69, 9.17) is 14.2 Å². The van der Waals surface area contributed by atoms with E-state index in [1.54, 1.807) is 49.6 Å². The van der Waals surface area contributed by atoms with Crippen molar-refractivity contribution in [2.75, 3.05) is 38.7 Å². The maximum atomic E-state index is 14.6. The van der Waals surface area contributed by atoms with Gasteiger partial charge in [-0.15, -0.1) is 0 Å². The van der Waals surface area contributed by atoms with Crippen molar-refractivity contribution in [3.63, 3.8) is 0 Å². The first-order valence-corrected chi connectivity index (χ1v) is 17.1. The van der Waals surface area contributed by atoms with Crippen LogP contribution in [0.2, 0.25) is 0 Å².